The summed E-state index contributed by atoms with van der Waals surface area (Å²) in [6.07, 6.45) is 0. The highest BCUT2D eigenvalue weighted by Gasteiger charge is 2.15. The second-order valence-corrected chi connectivity index (χ2v) is 5.66. The van der Waals surface area contributed by atoms with Crippen LogP contribution in [-0.2, 0) is 21.5 Å². The Bertz CT molecular complexity index is 441. The average molecular weight is 247 g/mol. The number of carbonyl (C=O) groups is 2. The summed E-state index contributed by atoms with van der Waals surface area (Å²) in [6.45, 7) is 8.23. The maximum Gasteiger partial charge on any atom is 0.289 e. The van der Waals surface area contributed by atoms with Crippen LogP contribution in [0.25, 0.3) is 0 Å². The third-order valence-electron chi connectivity index (χ3n) is 2.89. The molecule has 3 nitrogen and oxygen atoms in total. The van der Waals surface area contributed by atoms with Crippen molar-refractivity contribution in [3.05, 3.63) is 35.4 Å². The van der Waals surface area contributed by atoms with Crippen molar-refractivity contribution >= 4 is 11.7 Å². The molecule has 0 N–H and O–H groups in total. The van der Waals surface area contributed by atoms with Crippen LogP contribution in [-0.4, -0.2) is 23.6 Å². The number of likely N-dealkylation sites (N-methyl/N-ethyl adjacent to an activating group) is 1. The van der Waals surface area contributed by atoms with Gasteiger partial charge in [-0.1, -0.05) is 45.0 Å². The molecule has 0 bridgehead atoms. The van der Waals surface area contributed by atoms with E-state index in [1.165, 1.54) is 17.4 Å². The Labute approximate surface area is 109 Å². The van der Waals surface area contributed by atoms with E-state index in [0.29, 0.717) is 6.54 Å². The highest BCUT2D eigenvalue weighted by Crippen LogP contribution is 2.22. The monoisotopic (exact) mass is 247 g/mol. The molecule has 1 aromatic carbocycles. The number of amides is 1. The fraction of sp³-hybridized carbons (Fsp3) is 0.467. The number of ketones is 1. The molecule has 0 heterocycles. The molecule has 0 saturated heterocycles. The molecule has 0 aliphatic carbocycles. The Morgan fingerprint density at radius 2 is 1.61 bits per heavy atom. The second kappa shape index (κ2) is 5.34. The molecule has 0 atom stereocenters. The van der Waals surface area contributed by atoms with E-state index in [-0.39, 0.29) is 5.41 Å². The molecule has 0 aliphatic heterocycles. The topological polar surface area (TPSA) is 37.4 Å². The molecule has 0 radical (unpaired) electrons. The Morgan fingerprint density at radius 3 is 2.00 bits per heavy atom. The van der Waals surface area contributed by atoms with Crippen LogP contribution in [0.3, 0.4) is 0 Å². The van der Waals surface area contributed by atoms with Crippen molar-refractivity contribution in [1.29, 1.82) is 0 Å². The second-order valence-electron chi connectivity index (χ2n) is 5.66. The van der Waals surface area contributed by atoms with Gasteiger partial charge in [0.05, 0.1) is 0 Å². The van der Waals surface area contributed by atoms with E-state index < -0.39 is 11.7 Å². The van der Waals surface area contributed by atoms with E-state index in [9.17, 15) is 9.59 Å². The molecule has 1 rings (SSSR count). The largest absolute Gasteiger partial charge is 0.335 e. The molecule has 3 heteroatoms. The molecule has 0 aliphatic rings. The van der Waals surface area contributed by atoms with Gasteiger partial charge in [0.2, 0.25) is 5.78 Å². The number of hydrogen-bond acceptors (Lipinski definition) is 2. The number of rotatable bonds is 3. The van der Waals surface area contributed by atoms with Gasteiger partial charge in [0, 0.05) is 20.5 Å². The van der Waals surface area contributed by atoms with Crippen LogP contribution in [0.5, 0.6) is 0 Å². The van der Waals surface area contributed by atoms with Crippen LogP contribution >= 0.6 is 0 Å². The molecule has 0 unspecified atom stereocenters. The van der Waals surface area contributed by atoms with Crippen molar-refractivity contribution in [3.63, 3.8) is 0 Å². The molecule has 0 aromatic heterocycles. The third kappa shape index (κ3) is 3.69. The van der Waals surface area contributed by atoms with Gasteiger partial charge in [-0.25, -0.2) is 0 Å². The van der Waals surface area contributed by atoms with Crippen LogP contribution in [0.1, 0.15) is 38.8 Å². The maximum absolute atomic E-state index is 11.4. The highest BCUT2D eigenvalue weighted by atomic mass is 16.2. The minimum Gasteiger partial charge on any atom is -0.335 e. The molecule has 0 spiro atoms. The van der Waals surface area contributed by atoms with Crippen LogP contribution in [0, 0.1) is 0 Å². The van der Waals surface area contributed by atoms with Gasteiger partial charge in [-0.3, -0.25) is 9.59 Å². The van der Waals surface area contributed by atoms with Gasteiger partial charge < -0.3 is 4.90 Å². The van der Waals surface area contributed by atoms with E-state index in [0.717, 1.165) is 5.56 Å². The molecule has 1 aromatic rings. The van der Waals surface area contributed by atoms with Gasteiger partial charge in [-0.2, -0.15) is 0 Å². The highest BCUT2D eigenvalue weighted by molar-refractivity contribution is 6.34. The molecule has 18 heavy (non-hydrogen) atoms. The molecule has 98 valence electrons. The van der Waals surface area contributed by atoms with Crippen LogP contribution in [0.15, 0.2) is 24.3 Å². The first-order valence-electron chi connectivity index (χ1n) is 6.07. The quantitative estimate of drug-likeness (QED) is 0.770. The van der Waals surface area contributed by atoms with E-state index in [1.807, 2.05) is 12.1 Å². The van der Waals surface area contributed by atoms with E-state index in [1.54, 1.807) is 7.05 Å². The van der Waals surface area contributed by atoms with Crippen LogP contribution in [0.2, 0.25) is 0 Å². The van der Waals surface area contributed by atoms with Crippen LogP contribution < -0.4 is 0 Å². The molecular formula is C15H21NO2. The predicted molar refractivity (Wildman–Crippen MR) is 72.3 cm³/mol. The van der Waals surface area contributed by atoms with Crippen molar-refractivity contribution in [1.82, 2.24) is 4.90 Å². The maximum atomic E-state index is 11.4. The minimum atomic E-state index is -0.449. The fourth-order valence-corrected chi connectivity index (χ4v) is 1.72. The van der Waals surface area contributed by atoms with Gasteiger partial charge in [0.1, 0.15) is 0 Å². The molecule has 0 saturated carbocycles. The lowest BCUT2D eigenvalue weighted by molar-refractivity contribution is -0.143. The van der Waals surface area contributed by atoms with Crippen molar-refractivity contribution in [2.75, 3.05) is 7.05 Å². The summed E-state index contributed by atoms with van der Waals surface area (Å²) in [5.74, 6) is -0.876. The number of nitrogens with zero attached hydrogens (tertiary/aromatic N) is 1. The van der Waals surface area contributed by atoms with Gasteiger partial charge in [-0.05, 0) is 16.5 Å². The number of benzene rings is 1. The first-order chi connectivity index (χ1) is 8.21. The summed E-state index contributed by atoms with van der Waals surface area (Å²) < 4.78 is 0. The average Bonchev–Trinajstić information content (AvgIpc) is 2.27. The summed E-state index contributed by atoms with van der Waals surface area (Å²) >= 11 is 0. The lowest BCUT2D eigenvalue weighted by Crippen LogP contribution is -2.31. The predicted octanol–water partition coefficient (Wildman–Crippen LogP) is 2.53. The zero-order valence-electron chi connectivity index (χ0n) is 11.8. The van der Waals surface area contributed by atoms with Crippen LogP contribution in [0.4, 0.5) is 0 Å². The smallest absolute Gasteiger partial charge is 0.289 e. The summed E-state index contributed by atoms with van der Waals surface area (Å²) in [4.78, 5) is 23.9. The van der Waals surface area contributed by atoms with Gasteiger partial charge in [0.25, 0.3) is 5.91 Å². The zero-order valence-corrected chi connectivity index (χ0v) is 11.8. The SMILES string of the molecule is CC(=O)C(=O)N(C)Cc1ccc(C(C)(C)C)cc1. The Kier molecular flexibility index (Phi) is 4.28. The Hall–Kier alpha value is -1.64. The van der Waals surface area contributed by atoms with E-state index >= 15 is 0 Å². The van der Waals surface area contributed by atoms with Crippen molar-refractivity contribution in [2.45, 2.75) is 39.7 Å². The molecule has 0 fully saturated rings. The van der Waals surface area contributed by atoms with Gasteiger partial charge >= 0.3 is 0 Å². The summed E-state index contributed by atoms with van der Waals surface area (Å²) in [5, 5.41) is 0. The lowest BCUT2D eigenvalue weighted by Gasteiger charge is -2.20. The van der Waals surface area contributed by atoms with E-state index in [2.05, 4.69) is 32.9 Å². The number of hydrogen-bond donors (Lipinski definition) is 0. The molecular weight excluding hydrogens is 226 g/mol. The summed E-state index contributed by atoms with van der Waals surface area (Å²) in [7, 11) is 1.64. The van der Waals surface area contributed by atoms with Crippen molar-refractivity contribution < 1.29 is 9.59 Å². The van der Waals surface area contributed by atoms with Gasteiger partial charge in [-0.15, -0.1) is 0 Å². The van der Waals surface area contributed by atoms with Crippen molar-refractivity contribution in [2.24, 2.45) is 0 Å². The summed E-state index contributed by atoms with van der Waals surface area (Å²) in [6, 6.07) is 8.15. The first-order valence-corrected chi connectivity index (χ1v) is 6.07. The summed E-state index contributed by atoms with van der Waals surface area (Å²) in [5.41, 5.74) is 2.41. The molecule has 1 amide bonds. The van der Waals surface area contributed by atoms with E-state index in [4.69, 9.17) is 0 Å². The Balaban J connectivity index is 2.76. The first kappa shape index (κ1) is 14.4. The third-order valence-corrected chi connectivity index (χ3v) is 2.89. The zero-order chi connectivity index (χ0) is 13.9. The Morgan fingerprint density at radius 1 is 1.11 bits per heavy atom. The number of carbonyl (C=O) groups excluding carboxylic acids is 2. The minimum absolute atomic E-state index is 0.125. The lowest BCUT2D eigenvalue weighted by atomic mass is 9.87. The fourth-order valence-electron chi connectivity index (χ4n) is 1.72. The van der Waals surface area contributed by atoms with Gasteiger partial charge in [0.15, 0.2) is 0 Å². The van der Waals surface area contributed by atoms with Crippen molar-refractivity contribution in [3.8, 4) is 0 Å². The standard InChI is InChI=1S/C15H21NO2/c1-11(17)14(18)16(5)10-12-6-8-13(9-7-12)15(2,3)4/h6-9H,10H2,1-5H3. The normalized spacial score (nSPS) is 11.2. The number of Topliss-reactive ketones (excluding diaryl/α,β-unsaturated/α-hetero) is 1.